The molecule has 0 saturated heterocycles. The predicted octanol–water partition coefficient (Wildman–Crippen LogP) is 1.28. The van der Waals surface area contributed by atoms with Crippen molar-refractivity contribution in [2.24, 2.45) is 5.41 Å². The van der Waals surface area contributed by atoms with Gasteiger partial charge in [-0.05, 0) is 12.8 Å². The first-order valence-corrected chi connectivity index (χ1v) is 5.00. The molecule has 14 heavy (non-hydrogen) atoms. The number of methoxy groups -OCH3 is 1. The lowest BCUT2D eigenvalue weighted by atomic mass is 9.69. The van der Waals surface area contributed by atoms with Gasteiger partial charge >= 0.3 is 0 Å². The highest BCUT2D eigenvalue weighted by Gasteiger charge is 2.37. The van der Waals surface area contributed by atoms with Gasteiger partial charge < -0.3 is 15.0 Å². The van der Waals surface area contributed by atoms with Crippen molar-refractivity contribution in [2.75, 3.05) is 19.5 Å². The predicted molar refractivity (Wildman–Crippen MR) is 54.8 cm³/mol. The van der Waals surface area contributed by atoms with Crippen molar-refractivity contribution in [3.8, 4) is 0 Å². The number of aromatic nitrogens is 2. The molecular formula is C10H17N3O. The number of hydrogen-bond acceptors (Lipinski definition) is 3. The second-order valence-corrected chi connectivity index (χ2v) is 4.26. The van der Waals surface area contributed by atoms with E-state index in [1.54, 1.807) is 13.4 Å². The van der Waals surface area contributed by atoms with Crippen LogP contribution in [0.25, 0.3) is 0 Å². The summed E-state index contributed by atoms with van der Waals surface area (Å²) in [4.78, 5) is 4.02. The van der Waals surface area contributed by atoms with E-state index in [-0.39, 0.29) is 0 Å². The summed E-state index contributed by atoms with van der Waals surface area (Å²) in [5.41, 5.74) is 5.90. The molecule has 1 aliphatic rings. The molecule has 0 atom stereocenters. The summed E-state index contributed by atoms with van der Waals surface area (Å²) >= 11 is 0. The van der Waals surface area contributed by atoms with Crippen molar-refractivity contribution in [1.29, 1.82) is 0 Å². The highest BCUT2D eigenvalue weighted by atomic mass is 16.5. The Hall–Kier alpha value is -1.03. The molecule has 1 saturated carbocycles. The summed E-state index contributed by atoms with van der Waals surface area (Å²) in [5.74, 6) is 0.594. The minimum Gasteiger partial charge on any atom is -0.384 e. The van der Waals surface area contributed by atoms with Gasteiger partial charge in [-0.1, -0.05) is 6.42 Å². The van der Waals surface area contributed by atoms with Gasteiger partial charge in [-0.15, -0.1) is 0 Å². The zero-order valence-electron chi connectivity index (χ0n) is 8.57. The Balaban J connectivity index is 2.01. The van der Waals surface area contributed by atoms with Crippen LogP contribution in [0.1, 0.15) is 19.3 Å². The van der Waals surface area contributed by atoms with Gasteiger partial charge in [0.1, 0.15) is 5.82 Å². The van der Waals surface area contributed by atoms with Crippen LogP contribution >= 0.6 is 0 Å². The number of anilines is 1. The maximum atomic E-state index is 5.57. The first-order valence-electron chi connectivity index (χ1n) is 5.00. The van der Waals surface area contributed by atoms with E-state index in [1.165, 1.54) is 19.3 Å². The molecule has 1 fully saturated rings. The lowest BCUT2D eigenvalue weighted by Gasteiger charge is -2.41. The second kappa shape index (κ2) is 3.61. The van der Waals surface area contributed by atoms with Crippen molar-refractivity contribution >= 4 is 5.82 Å². The summed E-state index contributed by atoms with van der Waals surface area (Å²) < 4.78 is 7.33. The van der Waals surface area contributed by atoms with Gasteiger partial charge in [0.05, 0.1) is 12.9 Å². The van der Waals surface area contributed by atoms with Gasteiger partial charge in [0, 0.05) is 25.3 Å². The van der Waals surface area contributed by atoms with Crippen LogP contribution < -0.4 is 5.73 Å². The van der Waals surface area contributed by atoms with Crippen molar-refractivity contribution in [2.45, 2.75) is 25.8 Å². The standard InChI is InChI=1S/C10H17N3O/c1-14-7-10(3-2-4-10)6-13-5-9(11)12-8-13/h5,8H,2-4,6-7,11H2,1H3. The van der Waals surface area contributed by atoms with E-state index in [2.05, 4.69) is 9.55 Å². The van der Waals surface area contributed by atoms with Crippen LogP contribution in [0.4, 0.5) is 5.82 Å². The SMILES string of the molecule is COCC1(Cn2cnc(N)c2)CCC1. The normalized spacial score (nSPS) is 19.2. The molecule has 1 aromatic rings. The molecule has 4 nitrogen and oxygen atoms in total. The number of ether oxygens (including phenoxy) is 1. The summed E-state index contributed by atoms with van der Waals surface area (Å²) in [5, 5.41) is 0. The van der Waals surface area contributed by atoms with Crippen LogP contribution in [0, 0.1) is 5.41 Å². The van der Waals surface area contributed by atoms with Gasteiger partial charge in [-0.25, -0.2) is 4.98 Å². The number of imidazole rings is 1. The largest absolute Gasteiger partial charge is 0.384 e. The molecule has 0 radical (unpaired) electrons. The van der Waals surface area contributed by atoms with E-state index in [0.717, 1.165) is 13.2 Å². The van der Waals surface area contributed by atoms with Gasteiger partial charge in [-0.3, -0.25) is 0 Å². The molecule has 4 heteroatoms. The molecule has 0 spiro atoms. The van der Waals surface area contributed by atoms with E-state index in [4.69, 9.17) is 10.5 Å². The topological polar surface area (TPSA) is 53.1 Å². The molecular weight excluding hydrogens is 178 g/mol. The minimum atomic E-state index is 0.335. The Kier molecular flexibility index (Phi) is 2.46. The number of rotatable bonds is 4. The zero-order chi connectivity index (χ0) is 10.0. The molecule has 0 unspecified atom stereocenters. The van der Waals surface area contributed by atoms with Crippen LogP contribution in [-0.2, 0) is 11.3 Å². The van der Waals surface area contributed by atoms with Crippen molar-refractivity contribution in [1.82, 2.24) is 9.55 Å². The first-order chi connectivity index (χ1) is 6.74. The van der Waals surface area contributed by atoms with Crippen LogP contribution in [0.2, 0.25) is 0 Å². The molecule has 2 rings (SSSR count). The van der Waals surface area contributed by atoms with E-state index in [1.807, 2.05) is 6.20 Å². The number of nitrogens with two attached hydrogens (primary N) is 1. The number of hydrogen-bond donors (Lipinski definition) is 1. The van der Waals surface area contributed by atoms with E-state index >= 15 is 0 Å². The third-order valence-electron chi connectivity index (χ3n) is 3.04. The Morgan fingerprint density at radius 1 is 1.64 bits per heavy atom. The summed E-state index contributed by atoms with van der Waals surface area (Å²) in [7, 11) is 1.77. The smallest absolute Gasteiger partial charge is 0.141 e. The second-order valence-electron chi connectivity index (χ2n) is 4.26. The first kappa shape index (κ1) is 9.52. The molecule has 78 valence electrons. The Labute approximate surface area is 84.1 Å². The average Bonchev–Trinajstić information content (AvgIpc) is 2.48. The molecule has 0 bridgehead atoms. The van der Waals surface area contributed by atoms with E-state index < -0.39 is 0 Å². The highest BCUT2D eigenvalue weighted by Crippen LogP contribution is 2.42. The fraction of sp³-hybridized carbons (Fsp3) is 0.700. The van der Waals surface area contributed by atoms with Crippen molar-refractivity contribution < 1.29 is 4.74 Å². The fourth-order valence-electron chi connectivity index (χ4n) is 2.18. The lowest BCUT2D eigenvalue weighted by molar-refractivity contribution is 0.00337. The van der Waals surface area contributed by atoms with Crippen LogP contribution in [0.15, 0.2) is 12.5 Å². The van der Waals surface area contributed by atoms with E-state index in [9.17, 15) is 0 Å². The summed E-state index contributed by atoms with van der Waals surface area (Å²) in [6.07, 6.45) is 7.49. The maximum absolute atomic E-state index is 5.57. The molecule has 1 heterocycles. The van der Waals surface area contributed by atoms with E-state index in [0.29, 0.717) is 11.2 Å². The fourth-order valence-corrected chi connectivity index (χ4v) is 2.18. The molecule has 2 N–H and O–H groups in total. The van der Waals surface area contributed by atoms with Gasteiger partial charge in [0.2, 0.25) is 0 Å². The van der Waals surface area contributed by atoms with Crippen LogP contribution in [0.5, 0.6) is 0 Å². The summed E-state index contributed by atoms with van der Waals surface area (Å²) in [6.45, 7) is 1.82. The Morgan fingerprint density at radius 3 is 2.86 bits per heavy atom. The minimum absolute atomic E-state index is 0.335. The molecule has 0 aromatic carbocycles. The maximum Gasteiger partial charge on any atom is 0.141 e. The van der Waals surface area contributed by atoms with Crippen molar-refractivity contribution in [3.63, 3.8) is 0 Å². The number of nitrogens with zero attached hydrogens (tertiary/aromatic N) is 2. The molecule has 0 aliphatic heterocycles. The third kappa shape index (κ3) is 1.75. The summed E-state index contributed by atoms with van der Waals surface area (Å²) in [6, 6.07) is 0. The zero-order valence-corrected chi connectivity index (χ0v) is 8.57. The highest BCUT2D eigenvalue weighted by molar-refractivity contribution is 5.22. The van der Waals surface area contributed by atoms with Gasteiger partial charge in [-0.2, -0.15) is 0 Å². The number of nitrogen functional groups attached to an aromatic ring is 1. The molecule has 1 aromatic heterocycles. The average molecular weight is 195 g/mol. The van der Waals surface area contributed by atoms with Crippen LogP contribution in [-0.4, -0.2) is 23.3 Å². The van der Waals surface area contributed by atoms with Gasteiger partial charge in [0.15, 0.2) is 0 Å². The lowest BCUT2D eigenvalue weighted by Crippen LogP contribution is -2.38. The monoisotopic (exact) mass is 195 g/mol. The molecule has 0 amide bonds. The third-order valence-corrected chi connectivity index (χ3v) is 3.04. The Bertz CT molecular complexity index is 304. The molecule has 1 aliphatic carbocycles. The van der Waals surface area contributed by atoms with Gasteiger partial charge in [0.25, 0.3) is 0 Å². The Morgan fingerprint density at radius 2 is 2.43 bits per heavy atom. The van der Waals surface area contributed by atoms with Crippen LogP contribution in [0.3, 0.4) is 0 Å². The van der Waals surface area contributed by atoms with Crippen molar-refractivity contribution in [3.05, 3.63) is 12.5 Å². The quantitative estimate of drug-likeness (QED) is 0.787.